The number of carbonyl (C=O) groups excluding carboxylic acids is 1. The van der Waals surface area contributed by atoms with E-state index < -0.39 is 0 Å². The van der Waals surface area contributed by atoms with Crippen molar-refractivity contribution >= 4 is 5.97 Å². The van der Waals surface area contributed by atoms with Crippen LogP contribution in [0.25, 0.3) is 0 Å². The Kier molecular flexibility index (Phi) is 1.81. The van der Waals surface area contributed by atoms with E-state index in [9.17, 15) is 4.79 Å². The van der Waals surface area contributed by atoms with Crippen LogP contribution in [0, 0.1) is 5.92 Å². The Morgan fingerprint density at radius 1 is 1.50 bits per heavy atom. The minimum absolute atomic E-state index is 0.0115. The highest BCUT2D eigenvalue weighted by molar-refractivity contribution is 5.74. The predicted molar refractivity (Wildman–Crippen MR) is 41.4 cm³/mol. The van der Waals surface area contributed by atoms with E-state index in [2.05, 4.69) is 4.74 Å². The van der Waals surface area contributed by atoms with E-state index in [1.165, 1.54) is 7.11 Å². The Balaban J connectivity index is 2.12. The molecule has 68 valence electrons. The molecular weight excluding hydrogens is 158 g/mol. The van der Waals surface area contributed by atoms with Gasteiger partial charge in [-0.25, -0.2) is 0 Å². The molecule has 2 fully saturated rings. The van der Waals surface area contributed by atoms with Gasteiger partial charge in [-0.15, -0.1) is 0 Å². The highest BCUT2D eigenvalue weighted by Crippen LogP contribution is 2.38. The van der Waals surface area contributed by atoms with Crippen LogP contribution in [-0.2, 0) is 14.3 Å². The number of rotatable bonds is 1. The number of carbonyl (C=O) groups is 1. The summed E-state index contributed by atoms with van der Waals surface area (Å²) in [6, 6.07) is -0.156. The van der Waals surface area contributed by atoms with Crippen molar-refractivity contribution in [3.8, 4) is 0 Å². The molecule has 2 rings (SSSR count). The average molecular weight is 171 g/mol. The quantitative estimate of drug-likeness (QED) is 0.548. The third-order valence-electron chi connectivity index (χ3n) is 2.80. The van der Waals surface area contributed by atoms with Crippen LogP contribution in [0.3, 0.4) is 0 Å². The van der Waals surface area contributed by atoms with Gasteiger partial charge in [-0.3, -0.25) is 4.79 Å². The molecule has 0 saturated carbocycles. The van der Waals surface area contributed by atoms with Gasteiger partial charge in [0, 0.05) is 6.04 Å². The first-order valence-electron chi connectivity index (χ1n) is 4.23. The van der Waals surface area contributed by atoms with Crippen molar-refractivity contribution in [3.05, 3.63) is 0 Å². The molecule has 0 aliphatic carbocycles. The fourth-order valence-corrected chi connectivity index (χ4v) is 2.16. The van der Waals surface area contributed by atoms with Gasteiger partial charge in [0.05, 0.1) is 19.3 Å². The Morgan fingerprint density at radius 2 is 2.17 bits per heavy atom. The van der Waals surface area contributed by atoms with Gasteiger partial charge in [-0.05, 0) is 12.8 Å². The van der Waals surface area contributed by atoms with E-state index in [4.69, 9.17) is 10.5 Å². The molecule has 0 amide bonds. The lowest BCUT2D eigenvalue weighted by atomic mass is 9.85. The van der Waals surface area contributed by atoms with Crippen LogP contribution in [0.4, 0.5) is 0 Å². The van der Waals surface area contributed by atoms with Crippen LogP contribution in [0.5, 0.6) is 0 Å². The summed E-state index contributed by atoms with van der Waals surface area (Å²) in [6.07, 6.45) is 2.02. The van der Waals surface area contributed by atoms with E-state index in [0.717, 1.165) is 12.8 Å². The topological polar surface area (TPSA) is 61.5 Å². The van der Waals surface area contributed by atoms with E-state index in [1.54, 1.807) is 0 Å². The lowest BCUT2D eigenvalue weighted by Crippen LogP contribution is -2.44. The molecule has 2 bridgehead atoms. The molecule has 0 radical (unpaired) electrons. The van der Waals surface area contributed by atoms with Crippen molar-refractivity contribution in [3.63, 3.8) is 0 Å². The second-order valence-electron chi connectivity index (χ2n) is 3.42. The number of hydrogen-bond acceptors (Lipinski definition) is 4. The van der Waals surface area contributed by atoms with Gasteiger partial charge in [0.1, 0.15) is 5.92 Å². The molecule has 4 nitrogen and oxygen atoms in total. The van der Waals surface area contributed by atoms with Gasteiger partial charge in [0.15, 0.2) is 0 Å². The lowest BCUT2D eigenvalue weighted by molar-refractivity contribution is -0.147. The van der Waals surface area contributed by atoms with Crippen molar-refractivity contribution in [1.82, 2.24) is 0 Å². The number of methoxy groups -OCH3 is 1. The zero-order chi connectivity index (χ0) is 8.72. The van der Waals surface area contributed by atoms with E-state index in [1.807, 2.05) is 0 Å². The molecule has 2 unspecified atom stereocenters. The van der Waals surface area contributed by atoms with Gasteiger partial charge in [-0.1, -0.05) is 0 Å². The minimum Gasteiger partial charge on any atom is -0.469 e. The highest BCUT2D eigenvalue weighted by Gasteiger charge is 2.51. The molecule has 12 heavy (non-hydrogen) atoms. The first-order valence-corrected chi connectivity index (χ1v) is 4.23. The van der Waals surface area contributed by atoms with Crippen molar-refractivity contribution in [2.24, 2.45) is 11.7 Å². The summed E-state index contributed by atoms with van der Waals surface area (Å²) in [5.74, 6) is -0.455. The largest absolute Gasteiger partial charge is 0.469 e. The Morgan fingerprint density at radius 3 is 2.67 bits per heavy atom. The molecule has 2 aliphatic rings. The first kappa shape index (κ1) is 8.01. The van der Waals surface area contributed by atoms with Crippen molar-refractivity contribution < 1.29 is 14.3 Å². The van der Waals surface area contributed by atoms with Gasteiger partial charge >= 0.3 is 5.97 Å². The second kappa shape index (κ2) is 2.71. The smallest absolute Gasteiger partial charge is 0.312 e. The van der Waals surface area contributed by atoms with Crippen molar-refractivity contribution in [2.45, 2.75) is 31.1 Å². The van der Waals surface area contributed by atoms with Gasteiger partial charge in [0.2, 0.25) is 0 Å². The molecule has 0 aromatic carbocycles. The Bertz CT molecular complexity index is 204. The number of fused-ring (bicyclic) bond motifs is 2. The van der Waals surface area contributed by atoms with Gasteiger partial charge in [0.25, 0.3) is 0 Å². The summed E-state index contributed by atoms with van der Waals surface area (Å²) in [5.41, 5.74) is 5.81. The summed E-state index contributed by atoms with van der Waals surface area (Å²) in [5, 5.41) is 0. The van der Waals surface area contributed by atoms with Crippen LogP contribution < -0.4 is 5.73 Å². The Labute approximate surface area is 71.0 Å². The summed E-state index contributed by atoms with van der Waals surface area (Å²) >= 11 is 0. The molecule has 0 spiro atoms. The molecule has 2 aliphatic heterocycles. The van der Waals surface area contributed by atoms with E-state index >= 15 is 0 Å². The summed E-state index contributed by atoms with van der Waals surface area (Å²) in [4.78, 5) is 11.2. The number of hydrogen-bond donors (Lipinski definition) is 1. The maximum absolute atomic E-state index is 11.2. The molecule has 4 heteroatoms. The van der Waals surface area contributed by atoms with E-state index in [-0.39, 0.29) is 30.1 Å². The summed E-state index contributed by atoms with van der Waals surface area (Å²) in [6.45, 7) is 0. The minimum atomic E-state index is -0.228. The maximum atomic E-state index is 11.2. The van der Waals surface area contributed by atoms with Crippen LogP contribution in [0.15, 0.2) is 0 Å². The molecule has 4 atom stereocenters. The maximum Gasteiger partial charge on any atom is 0.312 e. The monoisotopic (exact) mass is 171 g/mol. The normalized spacial score (nSPS) is 44.8. The van der Waals surface area contributed by atoms with Crippen LogP contribution in [0.1, 0.15) is 12.8 Å². The zero-order valence-corrected chi connectivity index (χ0v) is 7.03. The van der Waals surface area contributed by atoms with Gasteiger partial charge in [-0.2, -0.15) is 0 Å². The fraction of sp³-hybridized carbons (Fsp3) is 0.875. The Hall–Kier alpha value is -0.610. The molecule has 2 N–H and O–H groups in total. The summed E-state index contributed by atoms with van der Waals surface area (Å²) in [7, 11) is 1.39. The lowest BCUT2D eigenvalue weighted by Gasteiger charge is -2.21. The van der Waals surface area contributed by atoms with Crippen LogP contribution in [0.2, 0.25) is 0 Å². The van der Waals surface area contributed by atoms with E-state index in [0.29, 0.717) is 0 Å². The van der Waals surface area contributed by atoms with Crippen molar-refractivity contribution in [1.29, 1.82) is 0 Å². The number of ether oxygens (including phenoxy) is 2. The molecule has 2 heterocycles. The second-order valence-corrected chi connectivity index (χ2v) is 3.42. The molecule has 0 aromatic heterocycles. The fourth-order valence-electron chi connectivity index (χ4n) is 2.16. The number of esters is 1. The third-order valence-corrected chi connectivity index (χ3v) is 2.80. The number of nitrogens with two attached hydrogens (primary N) is 1. The summed E-state index contributed by atoms with van der Waals surface area (Å²) < 4.78 is 10.2. The van der Waals surface area contributed by atoms with Gasteiger partial charge < -0.3 is 15.2 Å². The molecular formula is C8H13NO3. The molecule has 0 aromatic rings. The standard InChI is InChI=1S/C8H13NO3/c1-11-8(10)6-4-2-3-5(12-4)7(6)9/h4-7H,2-3,9H2,1H3/t4?,5?,6-,7+/m1/s1. The molecule has 2 saturated heterocycles. The van der Waals surface area contributed by atoms with Crippen LogP contribution in [-0.4, -0.2) is 31.3 Å². The van der Waals surface area contributed by atoms with Crippen molar-refractivity contribution in [2.75, 3.05) is 7.11 Å². The van der Waals surface area contributed by atoms with Crippen LogP contribution >= 0.6 is 0 Å². The first-order chi connectivity index (χ1) is 5.74. The zero-order valence-electron chi connectivity index (χ0n) is 7.03. The predicted octanol–water partition coefficient (Wildman–Crippen LogP) is -0.336. The SMILES string of the molecule is COC(=O)[C@@H]1C2CCC(O2)[C@@H]1N. The average Bonchev–Trinajstić information content (AvgIpc) is 2.63. The highest BCUT2D eigenvalue weighted by atomic mass is 16.5. The third kappa shape index (κ3) is 0.949.